The van der Waals surface area contributed by atoms with Crippen LogP contribution in [-0.4, -0.2) is 53.7 Å². The van der Waals surface area contributed by atoms with Gasteiger partial charge < -0.3 is 14.5 Å². The van der Waals surface area contributed by atoms with Gasteiger partial charge in [-0.25, -0.2) is 0 Å². The van der Waals surface area contributed by atoms with E-state index in [2.05, 4.69) is 26.7 Å². The van der Waals surface area contributed by atoms with Crippen LogP contribution in [0.1, 0.15) is 20.8 Å². The number of rotatable bonds is 4. The van der Waals surface area contributed by atoms with Gasteiger partial charge in [-0.15, -0.1) is 0 Å². The predicted molar refractivity (Wildman–Crippen MR) is 77.1 cm³/mol. The third kappa shape index (κ3) is 3.94. The van der Waals surface area contributed by atoms with E-state index in [4.69, 9.17) is 16.3 Å². The summed E-state index contributed by atoms with van der Waals surface area (Å²) in [6, 6.07) is 2.16. The molecule has 0 amide bonds. The Morgan fingerprint density at radius 2 is 1.95 bits per heavy atom. The number of anilines is 1. The van der Waals surface area contributed by atoms with Gasteiger partial charge in [0.05, 0.1) is 6.10 Å². The van der Waals surface area contributed by atoms with Crippen LogP contribution in [0.2, 0.25) is 5.15 Å². The van der Waals surface area contributed by atoms with E-state index in [-0.39, 0.29) is 6.10 Å². The van der Waals surface area contributed by atoms with E-state index in [1.54, 1.807) is 6.07 Å². The number of nitrogens with zero attached hydrogens (tertiary/aromatic N) is 4. The highest BCUT2D eigenvalue weighted by Gasteiger charge is 2.18. The minimum Gasteiger partial charge on any atom is -0.461 e. The molecule has 106 valence electrons. The van der Waals surface area contributed by atoms with Crippen molar-refractivity contribution in [3.8, 4) is 6.01 Å². The van der Waals surface area contributed by atoms with E-state index in [0.717, 1.165) is 38.5 Å². The van der Waals surface area contributed by atoms with Crippen LogP contribution in [0.25, 0.3) is 0 Å². The first-order chi connectivity index (χ1) is 9.08. The van der Waals surface area contributed by atoms with Gasteiger partial charge in [-0.2, -0.15) is 9.97 Å². The summed E-state index contributed by atoms with van der Waals surface area (Å²) in [6.07, 6.45) is 0.0447. The van der Waals surface area contributed by atoms with Crippen LogP contribution in [0.5, 0.6) is 6.01 Å². The first-order valence-electron chi connectivity index (χ1n) is 6.77. The fourth-order valence-corrected chi connectivity index (χ4v) is 2.27. The summed E-state index contributed by atoms with van der Waals surface area (Å²) in [4.78, 5) is 13.2. The van der Waals surface area contributed by atoms with Gasteiger partial charge in [-0.05, 0) is 20.4 Å². The Morgan fingerprint density at radius 1 is 1.26 bits per heavy atom. The molecule has 0 N–H and O–H groups in total. The predicted octanol–water partition coefficient (Wildman–Crippen LogP) is 2.06. The van der Waals surface area contributed by atoms with E-state index in [0.29, 0.717) is 11.2 Å². The summed E-state index contributed by atoms with van der Waals surface area (Å²) in [6.45, 7) is 11.2. The Morgan fingerprint density at radius 3 is 2.53 bits per heavy atom. The molecule has 1 aliphatic heterocycles. The summed E-state index contributed by atoms with van der Waals surface area (Å²) in [7, 11) is 0. The van der Waals surface area contributed by atoms with Crippen molar-refractivity contribution in [3.63, 3.8) is 0 Å². The third-order valence-corrected chi connectivity index (χ3v) is 3.34. The maximum Gasteiger partial charge on any atom is 0.320 e. The highest BCUT2D eigenvalue weighted by atomic mass is 35.5. The van der Waals surface area contributed by atoms with Crippen LogP contribution in [-0.2, 0) is 0 Å². The van der Waals surface area contributed by atoms with E-state index < -0.39 is 0 Å². The monoisotopic (exact) mass is 284 g/mol. The van der Waals surface area contributed by atoms with Crippen molar-refractivity contribution in [2.75, 3.05) is 37.6 Å². The molecule has 1 saturated heterocycles. The fraction of sp³-hybridized carbons (Fsp3) is 0.692. The number of likely N-dealkylation sites (N-methyl/N-ethyl adjacent to an activating group) is 1. The topological polar surface area (TPSA) is 41.5 Å². The second kappa shape index (κ2) is 6.39. The Kier molecular flexibility index (Phi) is 4.82. The average Bonchev–Trinajstić information content (AvgIpc) is 2.37. The van der Waals surface area contributed by atoms with E-state index in [9.17, 15) is 0 Å². The van der Waals surface area contributed by atoms with Crippen LogP contribution in [0, 0.1) is 0 Å². The van der Waals surface area contributed by atoms with Gasteiger partial charge in [0.25, 0.3) is 0 Å². The minimum atomic E-state index is 0.0447. The second-order valence-electron chi connectivity index (χ2n) is 4.92. The largest absolute Gasteiger partial charge is 0.461 e. The molecule has 0 bridgehead atoms. The lowest BCUT2D eigenvalue weighted by atomic mass is 10.3. The molecule has 2 rings (SSSR count). The molecule has 1 aromatic heterocycles. The summed E-state index contributed by atoms with van der Waals surface area (Å²) >= 11 is 6.04. The molecule has 1 fully saturated rings. The molecular formula is C13H21ClN4O. The number of hydrogen-bond donors (Lipinski definition) is 0. The maximum absolute atomic E-state index is 6.04. The molecular weight excluding hydrogens is 264 g/mol. The Hall–Kier alpha value is -1.07. The number of aromatic nitrogens is 2. The zero-order valence-electron chi connectivity index (χ0n) is 11.8. The Labute approximate surface area is 119 Å². The van der Waals surface area contributed by atoms with Gasteiger partial charge in [0.15, 0.2) is 0 Å². The van der Waals surface area contributed by atoms with Crippen molar-refractivity contribution in [2.45, 2.75) is 26.9 Å². The van der Waals surface area contributed by atoms with Crippen LogP contribution in [0.3, 0.4) is 0 Å². The maximum atomic E-state index is 6.04. The lowest BCUT2D eigenvalue weighted by molar-refractivity contribution is 0.221. The summed E-state index contributed by atoms with van der Waals surface area (Å²) in [5.41, 5.74) is 0. The molecule has 1 aromatic rings. The zero-order valence-corrected chi connectivity index (χ0v) is 12.5. The van der Waals surface area contributed by atoms with Crippen molar-refractivity contribution < 1.29 is 4.74 Å². The second-order valence-corrected chi connectivity index (χ2v) is 5.31. The molecule has 0 saturated carbocycles. The molecule has 0 radical (unpaired) electrons. The molecule has 2 heterocycles. The summed E-state index contributed by atoms with van der Waals surface area (Å²) in [5, 5.41) is 0.429. The number of hydrogen-bond acceptors (Lipinski definition) is 5. The van der Waals surface area contributed by atoms with Crippen LogP contribution >= 0.6 is 11.6 Å². The normalized spacial score (nSPS) is 17.0. The lowest BCUT2D eigenvalue weighted by Crippen LogP contribution is -2.46. The molecule has 19 heavy (non-hydrogen) atoms. The molecule has 0 spiro atoms. The van der Waals surface area contributed by atoms with Crippen molar-refractivity contribution >= 4 is 17.4 Å². The molecule has 0 unspecified atom stereocenters. The van der Waals surface area contributed by atoms with Gasteiger partial charge in [-0.3, -0.25) is 0 Å². The molecule has 0 aromatic carbocycles. The third-order valence-electron chi connectivity index (χ3n) is 3.15. The van der Waals surface area contributed by atoms with Crippen LogP contribution < -0.4 is 9.64 Å². The summed E-state index contributed by atoms with van der Waals surface area (Å²) in [5.74, 6) is 0.853. The highest BCUT2D eigenvalue weighted by molar-refractivity contribution is 6.29. The van der Waals surface area contributed by atoms with Gasteiger partial charge in [0.1, 0.15) is 11.0 Å². The standard InChI is InChI=1S/C13H21ClN4O/c1-4-17-5-7-18(8-6-17)12-9-11(14)15-13(16-12)19-10(2)3/h9-10H,4-8H2,1-3H3. The first-order valence-corrected chi connectivity index (χ1v) is 7.15. The van der Waals surface area contributed by atoms with Crippen LogP contribution in [0.4, 0.5) is 5.82 Å². The Balaban J connectivity index is 2.09. The molecule has 1 aliphatic rings. The lowest BCUT2D eigenvalue weighted by Gasteiger charge is -2.34. The molecule has 6 heteroatoms. The molecule has 5 nitrogen and oxygen atoms in total. The van der Waals surface area contributed by atoms with Gasteiger partial charge in [0, 0.05) is 32.2 Å². The zero-order chi connectivity index (χ0) is 13.8. The van der Waals surface area contributed by atoms with Gasteiger partial charge >= 0.3 is 6.01 Å². The smallest absolute Gasteiger partial charge is 0.320 e. The van der Waals surface area contributed by atoms with Gasteiger partial charge in [-0.1, -0.05) is 18.5 Å². The molecule has 0 atom stereocenters. The minimum absolute atomic E-state index is 0.0447. The van der Waals surface area contributed by atoms with Crippen molar-refractivity contribution in [1.82, 2.24) is 14.9 Å². The van der Waals surface area contributed by atoms with Crippen molar-refractivity contribution in [1.29, 1.82) is 0 Å². The van der Waals surface area contributed by atoms with E-state index in [1.807, 2.05) is 13.8 Å². The van der Waals surface area contributed by atoms with Crippen LogP contribution in [0.15, 0.2) is 6.07 Å². The SMILES string of the molecule is CCN1CCN(c2cc(Cl)nc(OC(C)C)n2)CC1. The first kappa shape index (κ1) is 14.3. The average molecular weight is 285 g/mol. The fourth-order valence-electron chi connectivity index (χ4n) is 2.10. The highest BCUT2D eigenvalue weighted by Crippen LogP contribution is 2.21. The quantitative estimate of drug-likeness (QED) is 0.792. The Bertz CT molecular complexity index is 419. The summed E-state index contributed by atoms with van der Waals surface area (Å²) < 4.78 is 5.53. The van der Waals surface area contributed by atoms with E-state index in [1.165, 1.54) is 0 Å². The van der Waals surface area contributed by atoms with Crippen molar-refractivity contribution in [2.24, 2.45) is 0 Å². The number of ether oxygens (including phenoxy) is 1. The van der Waals surface area contributed by atoms with Crippen molar-refractivity contribution in [3.05, 3.63) is 11.2 Å². The molecule has 0 aliphatic carbocycles. The van der Waals surface area contributed by atoms with Gasteiger partial charge in [0.2, 0.25) is 0 Å². The van der Waals surface area contributed by atoms with E-state index >= 15 is 0 Å². The number of piperazine rings is 1. The number of halogens is 1.